The second-order valence-corrected chi connectivity index (χ2v) is 6.75. The Morgan fingerprint density at radius 3 is 2.30 bits per heavy atom. The number of rotatable bonds is 5. The number of benzene rings is 2. The molecule has 0 aliphatic rings. The van der Waals surface area contributed by atoms with Crippen LogP contribution in [0.1, 0.15) is 17.3 Å². The fraction of sp³-hybridized carbons (Fsp3) is 0.0909. The Morgan fingerprint density at radius 1 is 0.933 bits per heavy atom. The summed E-state index contributed by atoms with van der Waals surface area (Å²) in [6.07, 6.45) is 1.68. The molecule has 0 unspecified atom stereocenters. The summed E-state index contributed by atoms with van der Waals surface area (Å²) in [5, 5.41) is 13.7. The minimum atomic E-state index is -0.256. The summed E-state index contributed by atoms with van der Waals surface area (Å²) in [7, 11) is 1.82. The number of nitrogens with zero attached hydrogens (tertiary/aromatic N) is 3. The van der Waals surface area contributed by atoms with Crippen LogP contribution in [0.3, 0.4) is 0 Å². The van der Waals surface area contributed by atoms with E-state index >= 15 is 0 Å². The zero-order chi connectivity index (χ0) is 21.1. The van der Waals surface area contributed by atoms with Crippen LogP contribution in [0.2, 0.25) is 0 Å². The molecule has 150 valence electrons. The minimum absolute atomic E-state index is 0.150. The second-order valence-electron chi connectivity index (χ2n) is 6.75. The van der Waals surface area contributed by atoms with Crippen molar-refractivity contribution in [2.24, 2.45) is 7.05 Å². The van der Waals surface area contributed by atoms with Crippen molar-refractivity contribution in [3.8, 4) is 0 Å². The van der Waals surface area contributed by atoms with Gasteiger partial charge in [-0.1, -0.05) is 18.2 Å². The van der Waals surface area contributed by atoms with Gasteiger partial charge in [-0.3, -0.25) is 14.3 Å². The fourth-order valence-electron chi connectivity index (χ4n) is 3.09. The number of aryl methyl sites for hydroxylation is 1. The van der Waals surface area contributed by atoms with E-state index in [1.54, 1.807) is 41.2 Å². The van der Waals surface area contributed by atoms with Gasteiger partial charge in [0.05, 0.1) is 17.3 Å². The molecule has 4 aromatic rings. The van der Waals surface area contributed by atoms with E-state index in [0.29, 0.717) is 28.3 Å². The zero-order valence-corrected chi connectivity index (χ0v) is 16.5. The molecular weight excluding hydrogens is 380 g/mol. The van der Waals surface area contributed by atoms with Crippen molar-refractivity contribution in [3.05, 3.63) is 72.4 Å². The van der Waals surface area contributed by atoms with Crippen LogP contribution in [0.25, 0.3) is 10.9 Å². The average molecular weight is 400 g/mol. The molecule has 0 radical (unpaired) electrons. The highest BCUT2D eigenvalue weighted by Gasteiger charge is 2.14. The van der Waals surface area contributed by atoms with Gasteiger partial charge in [0, 0.05) is 36.8 Å². The molecule has 0 saturated carbocycles. The number of carbonyl (C=O) groups excluding carboxylic acids is 2. The molecule has 4 rings (SSSR count). The van der Waals surface area contributed by atoms with E-state index in [9.17, 15) is 9.59 Å². The van der Waals surface area contributed by atoms with Gasteiger partial charge in [0.1, 0.15) is 11.6 Å². The maximum atomic E-state index is 13.1. The van der Waals surface area contributed by atoms with Crippen LogP contribution in [0.4, 0.5) is 23.0 Å². The third-order valence-electron chi connectivity index (χ3n) is 4.50. The highest BCUT2D eigenvalue weighted by Crippen LogP contribution is 2.24. The second kappa shape index (κ2) is 8.04. The summed E-state index contributed by atoms with van der Waals surface area (Å²) in [6, 6.07) is 18.0. The molecule has 30 heavy (non-hydrogen) atoms. The number of hydrogen-bond acceptors (Lipinski definition) is 5. The average Bonchev–Trinajstić information content (AvgIpc) is 3.13. The lowest BCUT2D eigenvalue weighted by atomic mass is 10.1. The molecule has 8 heteroatoms. The van der Waals surface area contributed by atoms with Crippen molar-refractivity contribution < 1.29 is 9.59 Å². The molecule has 2 amide bonds. The van der Waals surface area contributed by atoms with Gasteiger partial charge in [-0.05, 0) is 36.4 Å². The number of para-hydroxylation sites is 1. The molecule has 0 saturated heterocycles. The molecule has 0 aliphatic heterocycles. The maximum Gasteiger partial charge on any atom is 0.256 e. The van der Waals surface area contributed by atoms with E-state index in [0.717, 1.165) is 11.2 Å². The predicted octanol–water partition coefficient (Wildman–Crippen LogP) is 3.92. The highest BCUT2D eigenvalue weighted by molar-refractivity contribution is 6.13. The number of nitrogens with one attached hydrogen (secondary N) is 3. The van der Waals surface area contributed by atoms with Crippen LogP contribution in [-0.4, -0.2) is 26.6 Å². The van der Waals surface area contributed by atoms with E-state index < -0.39 is 0 Å². The molecule has 2 aromatic heterocycles. The lowest BCUT2D eigenvalue weighted by Gasteiger charge is -2.12. The molecule has 3 N–H and O–H groups in total. The maximum absolute atomic E-state index is 13.1. The van der Waals surface area contributed by atoms with Crippen molar-refractivity contribution in [1.29, 1.82) is 0 Å². The Hall–Kier alpha value is -4.20. The molecule has 0 bridgehead atoms. The van der Waals surface area contributed by atoms with Crippen LogP contribution in [0.15, 0.2) is 66.9 Å². The van der Waals surface area contributed by atoms with Crippen molar-refractivity contribution in [3.63, 3.8) is 0 Å². The third-order valence-corrected chi connectivity index (χ3v) is 4.50. The molecule has 2 aromatic carbocycles. The van der Waals surface area contributed by atoms with Crippen LogP contribution in [-0.2, 0) is 11.8 Å². The summed E-state index contributed by atoms with van der Waals surface area (Å²) < 4.78 is 1.69. The van der Waals surface area contributed by atoms with Crippen molar-refractivity contribution in [2.45, 2.75) is 6.92 Å². The molecule has 0 atom stereocenters. The molecule has 2 heterocycles. The zero-order valence-electron chi connectivity index (χ0n) is 16.5. The predicted molar refractivity (Wildman–Crippen MR) is 117 cm³/mol. The van der Waals surface area contributed by atoms with E-state index in [4.69, 9.17) is 0 Å². The van der Waals surface area contributed by atoms with Gasteiger partial charge >= 0.3 is 0 Å². The lowest BCUT2D eigenvalue weighted by molar-refractivity contribution is -0.114. The normalized spacial score (nSPS) is 10.6. The number of carbonyl (C=O) groups is 2. The molecule has 8 nitrogen and oxygen atoms in total. The van der Waals surface area contributed by atoms with Gasteiger partial charge in [0.15, 0.2) is 0 Å². The summed E-state index contributed by atoms with van der Waals surface area (Å²) in [4.78, 5) is 28.8. The van der Waals surface area contributed by atoms with Gasteiger partial charge in [-0.15, -0.1) is 0 Å². The number of pyridine rings is 1. The third kappa shape index (κ3) is 4.12. The SMILES string of the molecule is CC(=O)Nc1ccc(NC(=O)c2cc(Nc3ccnn3C)nc3ccccc23)cc1. The quantitative estimate of drug-likeness (QED) is 0.471. The van der Waals surface area contributed by atoms with Crippen molar-refractivity contribution >= 4 is 45.7 Å². The Bertz CT molecular complexity index is 1230. The van der Waals surface area contributed by atoms with Crippen LogP contribution in [0, 0.1) is 0 Å². The monoisotopic (exact) mass is 400 g/mol. The first-order chi connectivity index (χ1) is 14.5. The van der Waals surface area contributed by atoms with E-state index in [-0.39, 0.29) is 11.8 Å². The summed E-state index contributed by atoms with van der Waals surface area (Å²) in [5.74, 6) is 0.901. The molecule has 0 fully saturated rings. The Morgan fingerprint density at radius 2 is 1.63 bits per heavy atom. The largest absolute Gasteiger partial charge is 0.326 e. The van der Waals surface area contributed by atoms with Gasteiger partial charge in [-0.2, -0.15) is 5.10 Å². The molecular formula is C22H20N6O2. The standard InChI is InChI=1S/C22H20N6O2/c1-14(29)24-15-7-9-16(10-8-15)25-22(30)18-13-20(27-21-11-12-23-28(21)2)26-19-6-4-3-5-17(18)19/h3-13H,1-2H3,(H,24,29)(H,25,30)(H,26,27). The summed E-state index contributed by atoms with van der Waals surface area (Å²) in [6.45, 7) is 1.45. The Labute approximate surface area is 172 Å². The van der Waals surface area contributed by atoms with E-state index in [1.807, 2.05) is 37.4 Å². The van der Waals surface area contributed by atoms with Crippen molar-refractivity contribution in [1.82, 2.24) is 14.8 Å². The first kappa shape index (κ1) is 19.1. The smallest absolute Gasteiger partial charge is 0.256 e. The number of aromatic nitrogens is 3. The minimum Gasteiger partial charge on any atom is -0.326 e. The Balaban J connectivity index is 1.64. The number of amides is 2. The molecule has 0 aliphatic carbocycles. The van der Waals surface area contributed by atoms with Crippen LogP contribution in [0.5, 0.6) is 0 Å². The van der Waals surface area contributed by atoms with Gasteiger partial charge in [0.2, 0.25) is 5.91 Å². The van der Waals surface area contributed by atoms with Crippen LogP contribution < -0.4 is 16.0 Å². The fourth-order valence-corrected chi connectivity index (χ4v) is 3.09. The highest BCUT2D eigenvalue weighted by atomic mass is 16.2. The lowest BCUT2D eigenvalue weighted by Crippen LogP contribution is -2.14. The first-order valence-corrected chi connectivity index (χ1v) is 9.33. The number of hydrogen-bond donors (Lipinski definition) is 3. The van der Waals surface area contributed by atoms with Crippen LogP contribution >= 0.6 is 0 Å². The van der Waals surface area contributed by atoms with Gasteiger partial charge in [0.25, 0.3) is 5.91 Å². The van der Waals surface area contributed by atoms with E-state index in [2.05, 4.69) is 26.0 Å². The van der Waals surface area contributed by atoms with Gasteiger partial charge < -0.3 is 16.0 Å². The topological polar surface area (TPSA) is 101 Å². The number of anilines is 4. The Kier molecular flexibility index (Phi) is 5.13. The first-order valence-electron chi connectivity index (χ1n) is 9.33. The molecule has 0 spiro atoms. The summed E-state index contributed by atoms with van der Waals surface area (Å²) in [5.41, 5.74) is 2.49. The van der Waals surface area contributed by atoms with Gasteiger partial charge in [-0.25, -0.2) is 4.98 Å². The summed E-state index contributed by atoms with van der Waals surface area (Å²) >= 11 is 0. The van der Waals surface area contributed by atoms with Crippen molar-refractivity contribution in [2.75, 3.05) is 16.0 Å². The van der Waals surface area contributed by atoms with E-state index in [1.165, 1.54) is 6.92 Å². The number of fused-ring (bicyclic) bond motifs is 1.